The highest BCUT2D eigenvalue weighted by molar-refractivity contribution is 7.99. The van der Waals surface area contributed by atoms with E-state index in [0.717, 1.165) is 16.5 Å². The summed E-state index contributed by atoms with van der Waals surface area (Å²) in [6, 6.07) is 22.5. The number of hydrogen-bond donors (Lipinski definition) is 3. The minimum absolute atomic E-state index is 0.0969. The van der Waals surface area contributed by atoms with Crippen LogP contribution >= 0.6 is 11.8 Å². The van der Waals surface area contributed by atoms with Crippen LogP contribution in [0.25, 0.3) is 10.8 Å². The number of rotatable bonds is 8. The summed E-state index contributed by atoms with van der Waals surface area (Å²) < 4.78 is 0. The van der Waals surface area contributed by atoms with E-state index in [1.807, 2.05) is 74.5 Å². The molecular weight excluding hydrogens is 434 g/mol. The molecule has 3 N–H and O–H groups in total. The van der Waals surface area contributed by atoms with Crippen LogP contribution in [0.2, 0.25) is 0 Å². The molecule has 8 heteroatoms. The number of nitrogens with one attached hydrogen (secondary N) is 3. The quantitative estimate of drug-likeness (QED) is 0.328. The second-order valence-corrected chi connectivity index (χ2v) is 8.91. The number of aromatic nitrogens is 3. The Kier molecular flexibility index (Phi) is 7.04. The van der Waals surface area contributed by atoms with Gasteiger partial charge in [0.05, 0.1) is 11.8 Å². The second-order valence-electron chi connectivity index (χ2n) is 7.96. The van der Waals surface area contributed by atoms with Crippen LogP contribution in [0.4, 0.5) is 5.69 Å². The van der Waals surface area contributed by atoms with Gasteiger partial charge in [0.2, 0.25) is 11.1 Å². The molecule has 1 heterocycles. The molecule has 0 saturated carbocycles. The molecule has 0 aliphatic carbocycles. The van der Waals surface area contributed by atoms with Crippen LogP contribution in [-0.2, 0) is 4.79 Å². The lowest BCUT2D eigenvalue weighted by molar-refractivity contribution is -0.113. The first-order valence-electron chi connectivity index (χ1n) is 10.7. The normalized spacial score (nSPS) is 12.0. The molecule has 1 unspecified atom stereocenters. The van der Waals surface area contributed by atoms with Crippen LogP contribution < -0.4 is 10.6 Å². The molecule has 1 aromatic heterocycles. The van der Waals surface area contributed by atoms with Gasteiger partial charge in [-0.25, -0.2) is 4.98 Å². The van der Waals surface area contributed by atoms with Crippen molar-refractivity contribution in [3.05, 3.63) is 84.2 Å². The predicted octanol–water partition coefficient (Wildman–Crippen LogP) is 4.82. The largest absolute Gasteiger partial charge is 0.342 e. The number of thioether (sulfide) groups is 1. The monoisotopic (exact) mass is 459 g/mol. The Morgan fingerprint density at radius 3 is 2.45 bits per heavy atom. The van der Waals surface area contributed by atoms with Gasteiger partial charge >= 0.3 is 0 Å². The summed E-state index contributed by atoms with van der Waals surface area (Å²) in [5.74, 6) is 0.521. The van der Waals surface area contributed by atoms with E-state index in [-0.39, 0.29) is 29.5 Å². The van der Waals surface area contributed by atoms with Crippen molar-refractivity contribution in [3.8, 4) is 0 Å². The van der Waals surface area contributed by atoms with Gasteiger partial charge < -0.3 is 10.6 Å². The second kappa shape index (κ2) is 10.3. The highest BCUT2D eigenvalue weighted by Crippen LogP contribution is 2.23. The van der Waals surface area contributed by atoms with E-state index in [0.29, 0.717) is 16.5 Å². The number of aromatic amines is 1. The predicted molar refractivity (Wildman–Crippen MR) is 131 cm³/mol. The molecule has 2 amide bonds. The topological polar surface area (TPSA) is 99.8 Å². The first-order valence-corrected chi connectivity index (χ1v) is 11.7. The molecule has 3 aromatic carbocycles. The Bertz CT molecular complexity index is 1260. The lowest BCUT2D eigenvalue weighted by Gasteiger charge is -2.19. The summed E-state index contributed by atoms with van der Waals surface area (Å²) in [7, 11) is 0. The lowest BCUT2D eigenvalue weighted by atomic mass is 10.0. The molecule has 0 radical (unpaired) electrons. The van der Waals surface area contributed by atoms with E-state index in [9.17, 15) is 9.59 Å². The van der Waals surface area contributed by atoms with Crippen molar-refractivity contribution >= 4 is 40.0 Å². The van der Waals surface area contributed by atoms with Crippen molar-refractivity contribution in [1.82, 2.24) is 20.5 Å². The Hall–Kier alpha value is -3.65. The van der Waals surface area contributed by atoms with E-state index < -0.39 is 0 Å². The summed E-state index contributed by atoms with van der Waals surface area (Å²) in [5.41, 5.74) is 1.33. The molecule has 4 aromatic rings. The molecule has 1 atom stereocenters. The third kappa shape index (κ3) is 5.78. The van der Waals surface area contributed by atoms with Crippen molar-refractivity contribution < 1.29 is 9.59 Å². The molecule has 0 spiro atoms. The Morgan fingerprint density at radius 1 is 0.970 bits per heavy atom. The molecule has 0 saturated heterocycles. The number of anilines is 1. The SMILES string of the molecule is CC(C)C(NC(=O)c1ccccc1)c1nc(SCC(=O)Nc2ccc3ccccc3c2)n[nH]1. The minimum atomic E-state index is -0.328. The number of carbonyl (C=O) groups excluding carboxylic acids is 2. The van der Waals surface area contributed by atoms with Crippen LogP contribution in [0.15, 0.2) is 78.0 Å². The van der Waals surface area contributed by atoms with Gasteiger partial charge in [-0.2, -0.15) is 0 Å². The number of nitrogens with zero attached hydrogens (tertiary/aromatic N) is 2. The van der Waals surface area contributed by atoms with Crippen molar-refractivity contribution in [1.29, 1.82) is 0 Å². The van der Waals surface area contributed by atoms with Crippen molar-refractivity contribution in [2.75, 3.05) is 11.1 Å². The zero-order valence-corrected chi connectivity index (χ0v) is 19.2. The van der Waals surface area contributed by atoms with Gasteiger partial charge in [0.1, 0.15) is 5.82 Å². The van der Waals surface area contributed by atoms with E-state index >= 15 is 0 Å². The number of H-pyrrole nitrogens is 1. The molecule has 33 heavy (non-hydrogen) atoms. The highest BCUT2D eigenvalue weighted by atomic mass is 32.2. The first-order chi connectivity index (χ1) is 16.0. The van der Waals surface area contributed by atoms with Crippen molar-refractivity contribution in [2.45, 2.75) is 25.0 Å². The smallest absolute Gasteiger partial charge is 0.251 e. The van der Waals surface area contributed by atoms with Crippen LogP contribution in [0, 0.1) is 5.92 Å². The summed E-state index contributed by atoms with van der Waals surface area (Å²) in [6.45, 7) is 4.00. The van der Waals surface area contributed by atoms with E-state index in [1.165, 1.54) is 11.8 Å². The number of carbonyl (C=O) groups is 2. The van der Waals surface area contributed by atoms with Crippen molar-refractivity contribution in [2.24, 2.45) is 5.92 Å². The lowest BCUT2D eigenvalue weighted by Crippen LogP contribution is -2.32. The Labute approximate surface area is 196 Å². The average molecular weight is 460 g/mol. The van der Waals surface area contributed by atoms with Gasteiger partial charge in [-0.3, -0.25) is 14.7 Å². The van der Waals surface area contributed by atoms with Gasteiger partial charge in [0.15, 0.2) is 0 Å². The van der Waals surface area contributed by atoms with Crippen LogP contribution in [-0.4, -0.2) is 32.7 Å². The maximum Gasteiger partial charge on any atom is 0.251 e. The number of benzene rings is 3. The molecule has 0 aliphatic heterocycles. The third-order valence-electron chi connectivity index (χ3n) is 5.13. The Balaban J connectivity index is 1.35. The molecule has 0 bridgehead atoms. The van der Waals surface area contributed by atoms with Gasteiger partial charge in [-0.1, -0.05) is 74.1 Å². The molecule has 4 rings (SSSR count). The van der Waals surface area contributed by atoms with E-state index in [2.05, 4.69) is 25.8 Å². The van der Waals surface area contributed by atoms with Gasteiger partial charge in [-0.15, -0.1) is 5.10 Å². The van der Waals surface area contributed by atoms with Crippen molar-refractivity contribution in [3.63, 3.8) is 0 Å². The summed E-state index contributed by atoms with van der Waals surface area (Å²) in [5, 5.41) is 15.7. The number of hydrogen-bond acceptors (Lipinski definition) is 5. The van der Waals surface area contributed by atoms with Gasteiger partial charge in [0, 0.05) is 11.3 Å². The van der Waals surface area contributed by atoms with Crippen LogP contribution in [0.1, 0.15) is 36.1 Å². The molecule has 0 fully saturated rings. The van der Waals surface area contributed by atoms with Gasteiger partial charge in [-0.05, 0) is 41.0 Å². The number of fused-ring (bicyclic) bond motifs is 1. The zero-order chi connectivity index (χ0) is 23.2. The minimum Gasteiger partial charge on any atom is -0.342 e. The average Bonchev–Trinajstić information content (AvgIpc) is 3.30. The standard InChI is InChI=1S/C25H25N5O2S/c1-16(2)22(27-24(32)18-9-4-3-5-10-18)23-28-25(30-29-23)33-15-21(31)26-20-13-12-17-8-6-7-11-19(17)14-20/h3-14,16,22H,15H2,1-2H3,(H,26,31)(H,27,32)(H,28,29,30). The third-order valence-corrected chi connectivity index (χ3v) is 5.98. The molecular formula is C25H25N5O2S. The van der Waals surface area contributed by atoms with E-state index in [1.54, 1.807) is 12.1 Å². The molecule has 7 nitrogen and oxygen atoms in total. The Morgan fingerprint density at radius 2 is 1.70 bits per heavy atom. The zero-order valence-electron chi connectivity index (χ0n) is 18.4. The van der Waals surface area contributed by atoms with E-state index in [4.69, 9.17) is 0 Å². The van der Waals surface area contributed by atoms with Crippen LogP contribution in [0.5, 0.6) is 0 Å². The maximum absolute atomic E-state index is 12.6. The summed E-state index contributed by atoms with van der Waals surface area (Å²) in [6.07, 6.45) is 0. The maximum atomic E-state index is 12.6. The molecule has 0 aliphatic rings. The fraction of sp³-hybridized carbons (Fsp3) is 0.200. The number of amides is 2. The fourth-order valence-electron chi connectivity index (χ4n) is 3.42. The highest BCUT2D eigenvalue weighted by Gasteiger charge is 2.23. The summed E-state index contributed by atoms with van der Waals surface area (Å²) >= 11 is 1.24. The first kappa shape index (κ1) is 22.5. The summed E-state index contributed by atoms with van der Waals surface area (Å²) in [4.78, 5) is 29.5. The fourth-order valence-corrected chi connectivity index (χ4v) is 4.03. The van der Waals surface area contributed by atoms with Crippen LogP contribution in [0.3, 0.4) is 0 Å². The molecule has 168 valence electrons. The van der Waals surface area contributed by atoms with Gasteiger partial charge in [0.25, 0.3) is 5.91 Å².